The molecule has 1 amide bonds. The Balaban J connectivity index is 2.07. The van der Waals surface area contributed by atoms with Crippen LogP contribution in [0.2, 0.25) is 0 Å². The highest BCUT2D eigenvalue weighted by atomic mass is 35.5. The summed E-state index contributed by atoms with van der Waals surface area (Å²) in [5.41, 5.74) is 1.69. The van der Waals surface area contributed by atoms with Crippen molar-refractivity contribution in [3.8, 4) is 5.75 Å². The zero-order valence-corrected chi connectivity index (χ0v) is 12.4. The van der Waals surface area contributed by atoms with Gasteiger partial charge in [0.15, 0.2) is 0 Å². The second-order valence-electron chi connectivity index (χ2n) is 5.32. The second-order valence-corrected chi connectivity index (χ2v) is 5.94. The van der Waals surface area contributed by atoms with Crippen molar-refractivity contribution in [3.63, 3.8) is 0 Å². The van der Waals surface area contributed by atoms with E-state index < -0.39 is 0 Å². The molecule has 1 aromatic carbocycles. The number of halogens is 1. The lowest BCUT2D eigenvalue weighted by atomic mass is 9.84. The molecule has 104 valence electrons. The molecule has 3 nitrogen and oxygen atoms in total. The molecule has 19 heavy (non-hydrogen) atoms. The number of amides is 1. The van der Waals surface area contributed by atoms with Gasteiger partial charge in [-0.15, -0.1) is 11.6 Å². The van der Waals surface area contributed by atoms with Crippen LogP contribution in [0, 0.1) is 12.8 Å². The molecule has 1 saturated carbocycles. The number of hydrogen-bond acceptors (Lipinski definition) is 2. The number of ether oxygens (including phenoxy) is 1. The maximum atomic E-state index is 12.4. The molecule has 0 spiro atoms. The number of aryl methyl sites for hydroxylation is 1. The van der Waals surface area contributed by atoms with Crippen molar-refractivity contribution in [2.75, 3.05) is 20.7 Å². The number of rotatable bonds is 4. The monoisotopic (exact) mass is 281 g/mol. The molecule has 0 N–H and O–H groups in total. The van der Waals surface area contributed by atoms with Gasteiger partial charge in [-0.3, -0.25) is 4.79 Å². The maximum absolute atomic E-state index is 12.4. The van der Waals surface area contributed by atoms with Crippen LogP contribution in [-0.2, 0) is 0 Å². The topological polar surface area (TPSA) is 29.5 Å². The van der Waals surface area contributed by atoms with E-state index in [2.05, 4.69) is 0 Å². The van der Waals surface area contributed by atoms with E-state index in [1.807, 2.05) is 32.2 Å². The van der Waals surface area contributed by atoms with Gasteiger partial charge >= 0.3 is 0 Å². The number of carbonyl (C=O) groups is 1. The first kappa shape index (κ1) is 14.2. The van der Waals surface area contributed by atoms with Crippen molar-refractivity contribution in [2.45, 2.75) is 25.1 Å². The standard InChI is InChI=1S/C15H20ClNO2/c1-10-4-5-14(19-3)13(6-10)15(18)17(2)9-11-7-12(16)8-11/h4-6,11-12H,7-9H2,1-3H3. The first-order valence-electron chi connectivity index (χ1n) is 6.55. The molecule has 0 aliphatic heterocycles. The number of nitrogens with zero attached hydrogens (tertiary/aromatic N) is 1. The Labute approximate surface area is 119 Å². The van der Waals surface area contributed by atoms with E-state index >= 15 is 0 Å². The van der Waals surface area contributed by atoms with Crippen molar-refractivity contribution in [1.29, 1.82) is 0 Å². The number of carbonyl (C=O) groups excluding carboxylic acids is 1. The number of hydrogen-bond donors (Lipinski definition) is 0. The molecule has 0 radical (unpaired) electrons. The molecule has 0 aromatic heterocycles. The van der Waals surface area contributed by atoms with Crippen molar-refractivity contribution in [2.24, 2.45) is 5.92 Å². The third kappa shape index (κ3) is 3.21. The largest absolute Gasteiger partial charge is 0.496 e. The van der Waals surface area contributed by atoms with Crippen LogP contribution >= 0.6 is 11.6 Å². The van der Waals surface area contributed by atoms with E-state index in [1.165, 1.54) is 0 Å². The van der Waals surface area contributed by atoms with Gasteiger partial charge in [-0.1, -0.05) is 11.6 Å². The predicted molar refractivity (Wildman–Crippen MR) is 77.1 cm³/mol. The summed E-state index contributed by atoms with van der Waals surface area (Å²) in [7, 11) is 3.43. The van der Waals surface area contributed by atoms with Crippen molar-refractivity contribution in [1.82, 2.24) is 4.90 Å². The maximum Gasteiger partial charge on any atom is 0.257 e. The summed E-state index contributed by atoms with van der Waals surface area (Å²) in [4.78, 5) is 14.2. The highest BCUT2D eigenvalue weighted by Crippen LogP contribution is 2.32. The van der Waals surface area contributed by atoms with Gasteiger partial charge in [0.2, 0.25) is 0 Å². The fourth-order valence-corrected chi connectivity index (χ4v) is 2.97. The summed E-state index contributed by atoms with van der Waals surface area (Å²) in [6.45, 7) is 2.74. The molecule has 1 aliphatic rings. The van der Waals surface area contributed by atoms with Gasteiger partial charge in [0.1, 0.15) is 5.75 Å². The Morgan fingerprint density at radius 1 is 1.47 bits per heavy atom. The van der Waals surface area contributed by atoms with E-state index in [4.69, 9.17) is 16.3 Å². The zero-order valence-electron chi connectivity index (χ0n) is 11.6. The SMILES string of the molecule is COc1ccc(C)cc1C(=O)N(C)CC1CC(Cl)C1. The van der Waals surface area contributed by atoms with Crippen LogP contribution < -0.4 is 4.74 Å². The summed E-state index contributed by atoms with van der Waals surface area (Å²) in [6.07, 6.45) is 2.01. The molecule has 0 bridgehead atoms. The Morgan fingerprint density at radius 2 is 2.16 bits per heavy atom. The number of benzene rings is 1. The van der Waals surface area contributed by atoms with E-state index in [0.717, 1.165) is 24.9 Å². The summed E-state index contributed by atoms with van der Waals surface area (Å²) >= 11 is 5.97. The molecule has 4 heteroatoms. The summed E-state index contributed by atoms with van der Waals surface area (Å²) < 4.78 is 5.27. The average Bonchev–Trinajstić information content (AvgIpc) is 2.35. The van der Waals surface area contributed by atoms with Crippen LogP contribution in [0.25, 0.3) is 0 Å². The first-order valence-corrected chi connectivity index (χ1v) is 6.99. The molecule has 0 unspecified atom stereocenters. The zero-order chi connectivity index (χ0) is 14.0. The molecule has 1 aliphatic carbocycles. The van der Waals surface area contributed by atoms with Crippen LogP contribution in [0.3, 0.4) is 0 Å². The van der Waals surface area contributed by atoms with Crippen LogP contribution in [-0.4, -0.2) is 36.9 Å². The molecular weight excluding hydrogens is 262 g/mol. The summed E-state index contributed by atoms with van der Waals surface area (Å²) in [5, 5.41) is 0.294. The normalized spacial score (nSPS) is 21.7. The molecular formula is C15H20ClNO2. The van der Waals surface area contributed by atoms with Crippen molar-refractivity contribution in [3.05, 3.63) is 29.3 Å². The lowest BCUT2D eigenvalue weighted by Gasteiger charge is -2.34. The highest BCUT2D eigenvalue weighted by Gasteiger charge is 2.29. The minimum atomic E-state index is 0.0126. The summed E-state index contributed by atoms with van der Waals surface area (Å²) in [6, 6.07) is 5.66. The van der Waals surface area contributed by atoms with Crippen LogP contribution in [0.1, 0.15) is 28.8 Å². The smallest absolute Gasteiger partial charge is 0.257 e. The van der Waals surface area contributed by atoms with Gasteiger partial charge in [0.05, 0.1) is 12.7 Å². The lowest BCUT2D eigenvalue weighted by Crippen LogP contribution is -2.38. The first-order chi connectivity index (χ1) is 9.01. The minimum Gasteiger partial charge on any atom is -0.496 e. The Kier molecular flexibility index (Phi) is 4.35. The lowest BCUT2D eigenvalue weighted by molar-refractivity contribution is 0.0743. The van der Waals surface area contributed by atoms with Gasteiger partial charge < -0.3 is 9.64 Å². The van der Waals surface area contributed by atoms with Crippen LogP contribution in [0.15, 0.2) is 18.2 Å². The number of methoxy groups -OCH3 is 1. The molecule has 0 saturated heterocycles. The van der Waals surface area contributed by atoms with Gasteiger partial charge in [0.25, 0.3) is 5.91 Å². The Morgan fingerprint density at radius 3 is 2.74 bits per heavy atom. The molecule has 2 rings (SSSR count). The van der Waals surface area contributed by atoms with Gasteiger partial charge in [0, 0.05) is 19.0 Å². The molecule has 0 heterocycles. The minimum absolute atomic E-state index is 0.0126. The average molecular weight is 282 g/mol. The molecule has 1 aromatic rings. The summed E-state index contributed by atoms with van der Waals surface area (Å²) in [5.74, 6) is 1.18. The van der Waals surface area contributed by atoms with E-state index in [1.54, 1.807) is 12.0 Å². The fraction of sp³-hybridized carbons (Fsp3) is 0.533. The van der Waals surface area contributed by atoms with Crippen molar-refractivity contribution < 1.29 is 9.53 Å². The highest BCUT2D eigenvalue weighted by molar-refractivity contribution is 6.21. The van der Waals surface area contributed by atoms with E-state index in [-0.39, 0.29) is 5.91 Å². The number of alkyl halides is 1. The Hall–Kier alpha value is -1.22. The quantitative estimate of drug-likeness (QED) is 0.794. The second kappa shape index (κ2) is 5.83. The van der Waals surface area contributed by atoms with Crippen molar-refractivity contribution >= 4 is 17.5 Å². The Bertz CT molecular complexity index is 469. The fourth-order valence-electron chi connectivity index (χ4n) is 2.47. The van der Waals surface area contributed by atoms with E-state index in [0.29, 0.717) is 22.6 Å². The predicted octanol–water partition coefficient (Wildman–Crippen LogP) is 3.09. The van der Waals surface area contributed by atoms with Gasteiger partial charge in [-0.2, -0.15) is 0 Å². The van der Waals surface area contributed by atoms with Gasteiger partial charge in [-0.25, -0.2) is 0 Å². The van der Waals surface area contributed by atoms with Crippen LogP contribution in [0.4, 0.5) is 0 Å². The third-order valence-corrected chi connectivity index (χ3v) is 4.00. The van der Waals surface area contributed by atoms with Gasteiger partial charge in [-0.05, 0) is 37.8 Å². The van der Waals surface area contributed by atoms with Crippen LogP contribution in [0.5, 0.6) is 5.75 Å². The molecule has 0 atom stereocenters. The third-order valence-electron chi connectivity index (χ3n) is 3.64. The molecule has 1 fully saturated rings. The van der Waals surface area contributed by atoms with E-state index in [9.17, 15) is 4.79 Å².